The molecule has 0 unspecified atom stereocenters. The van der Waals surface area contributed by atoms with Crippen LogP contribution in [0.4, 0.5) is 0 Å². The largest absolute Gasteiger partial charge is 0.330 e. The summed E-state index contributed by atoms with van der Waals surface area (Å²) in [6, 6.07) is 2.25. The number of fused-ring (bicyclic) bond motifs is 1. The molecule has 3 nitrogen and oxygen atoms in total. The van der Waals surface area contributed by atoms with Crippen LogP contribution in [0.15, 0.2) is 12.4 Å². The van der Waals surface area contributed by atoms with E-state index in [4.69, 9.17) is 5.73 Å². The Morgan fingerprint density at radius 3 is 3.00 bits per heavy atom. The molecule has 4 heteroatoms. The van der Waals surface area contributed by atoms with E-state index in [0.717, 1.165) is 13.0 Å². The summed E-state index contributed by atoms with van der Waals surface area (Å²) < 4.78 is 2.32. The van der Waals surface area contributed by atoms with Crippen molar-refractivity contribution < 1.29 is 0 Å². The Labute approximate surface area is 112 Å². The minimum absolute atomic E-state index is 0.646. The molecule has 2 aromatic rings. The predicted octanol–water partition coefficient (Wildman–Crippen LogP) is 2.64. The van der Waals surface area contributed by atoms with Gasteiger partial charge in [0.2, 0.25) is 0 Å². The summed E-state index contributed by atoms with van der Waals surface area (Å²) in [5.41, 5.74) is 9.86. The number of hydrogen-bond acceptors (Lipinski definition) is 3. The first kappa shape index (κ1) is 11.9. The Bertz CT molecular complexity index is 553. The monoisotopic (exact) mass is 261 g/mol. The molecule has 0 bridgehead atoms. The minimum Gasteiger partial charge on any atom is -0.330 e. The van der Waals surface area contributed by atoms with Gasteiger partial charge in [-0.25, -0.2) is 4.98 Å². The van der Waals surface area contributed by atoms with E-state index in [-0.39, 0.29) is 0 Å². The zero-order chi connectivity index (χ0) is 12.5. The average molecular weight is 261 g/mol. The van der Waals surface area contributed by atoms with Crippen LogP contribution >= 0.6 is 11.3 Å². The summed E-state index contributed by atoms with van der Waals surface area (Å²) >= 11 is 1.81. The quantitative estimate of drug-likeness (QED) is 0.923. The fourth-order valence-corrected chi connectivity index (χ4v) is 3.63. The Balaban J connectivity index is 1.87. The molecular formula is C14H19N3S. The molecule has 0 radical (unpaired) electrons. The number of aromatic nitrogens is 2. The first-order valence-electron chi connectivity index (χ1n) is 6.59. The third-order valence-corrected chi connectivity index (χ3v) is 4.84. The van der Waals surface area contributed by atoms with Gasteiger partial charge >= 0.3 is 0 Å². The van der Waals surface area contributed by atoms with Gasteiger partial charge in [0.1, 0.15) is 0 Å². The zero-order valence-electron chi connectivity index (χ0n) is 10.8. The summed E-state index contributed by atoms with van der Waals surface area (Å²) in [7, 11) is 0. The minimum atomic E-state index is 0.646. The second-order valence-electron chi connectivity index (χ2n) is 4.97. The van der Waals surface area contributed by atoms with Crippen molar-refractivity contribution in [3.63, 3.8) is 0 Å². The van der Waals surface area contributed by atoms with Crippen molar-refractivity contribution in [2.24, 2.45) is 5.73 Å². The van der Waals surface area contributed by atoms with Crippen molar-refractivity contribution in [3.05, 3.63) is 39.1 Å². The Morgan fingerprint density at radius 1 is 1.39 bits per heavy atom. The molecule has 0 fully saturated rings. The van der Waals surface area contributed by atoms with Gasteiger partial charge in [0.15, 0.2) is 0 Å². The van der Waals surface area contributed by atoms with Crippen LogP contribution < -0.4 is 5.73 Å². The molecule has 1 aliphatic rings. The van der Waals surface area contributed by atoms with Gasteiger partial charge in [-0.3, -0.25) is 0 Å². The van der Waals surface area contributed by atoms with Gasteiger partial charge in [0.25, 0.3) is 0 Å². The summed E-state index contributed by atoms with van der Waals surface area (Å²) in [5.74, 6) is 0. The number of thiophene rings is 1. The van der Waals surface area contributed by atoms with Crippen LogP contribution in [-0.4, -0.2) is 9.55 Å². The molecule has 0 amide bonds. The lowest BCUT2D eigenvalue weighted by molar-refractivity contribution is 0.628. The zero-order valence-corrected chi connectivity index (χ0v) is 11.6. The molecule has 0 spiro atoms. The average Bonchev–Trinajstić information content (AvgIpc) is 2.95. The van der Waals surface area contributed by atoms with E-state index in [9.17, 15) is 0 Å². The Hall–Kier alpha value is -1.13. The van der Waals surface area contributed by atoms with Gasteiger partial charge in [-0.2, -0.15) is 0 Å². The maximum absolute atomic E-state index is 5.71. The lowest BCUT2D eigenvalue weighted by Gasteiger charge is -2.13. The Morgan fingerprint density at radius 2 is 2.22 bits per heavy atom. The highest BCUT2D eigenvalue weighted by molar-refractivity contribution is 7.12. The van der Waals surface area contributed by atoms with Crippen LogP contribution in [-0.2, 0) is 25.9 Å². The third-order valence-electron chi connectivity index (χ3n) is 3.72. The highest BCUT2D eigenvalue weighted by Crippen LogP contribution is 2.25. The van der Waals surface area contributed by atoms with Crippen molar-refractivity contribution in [2.45, 2.75) is 45.7 Å². The topological polar surface area (TPSA) is 43.8 Å². The highest BCUT2D eigenvalue weighted by atomic mass is 32.1. The number of aryl methyl sites for hydroxylation is 2. The lowest BCUT2D eigenvalue weighted by Crippen LogP contribution is -2.09. The van der Waals surface area contributed by atoms with Crippen LogP contribution in [0.25, 0.3) is 0 Å². The van der Waals surface area contributed by atoms with E-state index in [2.05, 4.69) is 22.5 Å². The van der Waals surface area contributed by atoms with E-state index >= 15 is 0 Å². The van der Waals surface area contributed by atoms with Crippen molar-refractivity contribution in [3.8, 4) is 0 Å². The molecule has 2 heterocycles. The smallest absolute Gasteiger partial charge is 0.0954 e. The molecule has 3 rings (SSSR count). The van der Waals surface area contributed by atoms with Gasteiger partial charge in [-0.1, -0.05) is 0 Å². The van der Waals surface area contributed by atoms with Crippen LogP contribution in [0.3, 0.4) is 0 Å². The normalized spacial score (nSPS) is 14.8. The summed E-state index contributed by atoms with van der Waals surface area (Å²) in [6.07, 6.45) is 6.94. The van der Waals surface area contributed by atoms with Gasteiger partial charge in [-0.15, -0.1) is 11.3 Å². The van der Waals surface area contributed by atoms with Crippen molar-refractivity contribution in [1.29, 1.82) is 0 Å². The van der Waals surface area contributed by atoms with Crippen LogP contribution in [0, 0.1) is 6.92 Å². The number of nitrogens with two attached hydrogens (primary N) is 1. The number of imidazole rings is 1. The Kier molecular flexibility index (Phi) is 3.22. The molecule has 2 N–H and O–H groups in total. The van der Waals surface area contributed by atoms with E-state index in [1.165, 1.54) is 46.0 Å². The highest BCUT2D eigenvalue weighted by Gasteiger charge is 2.16. The van der Waals surface area contributed by atoms with Crippen LogP contribution in [0.1, 0.15) is 39.5 Å². The van der Waals surface area contributed by atoms with Crippen molar-refractivity contribution >= 4 is 11.3 Å². The molecule has 1 aliphatic carbocycles. The lowest BCUT2D eigenvalue weighted by atomic mass is 10.0. The van der Waals surface area contributed by atoms with Crippen LogP contribution in [0.5, 0.6) is 0 Å². The maximum Gasteiger partial charge on any atom is 0.0954 e. The predicted molar refractivity (Wildman–Crippen MR) is 74.9 cm³/mol. The standard InChI is InChI=1S/C14H19N3S/c1-10-11(6-12(7-15)18-10)8-17-9-16-13-4-2-3-5-14(13)17/h6,9H,2-5,7-8,15H2,1H3. The van der Waals surface area contributed by atoms with Gasteiger partial charge in [0.05, 0.1) is 12.0 Å². The summed E-state index contributed by atoms with van der Waals surface area (Å²) in [5, 5.41) is 0. The number of rotatable bonds is 3. The first-order chi connectivity index (χ1) is 8.78. The molecule has 18 heavy (non-hydrogen) atoms. The van der Waals surface area contributed by atoms with Crippen molar-refractivity contribution in [2.75, 3.05) is 0 Å². The third kappa shape index (κ3) is 2.10. The molecule has 0 atom stereocenters. The fourth-order valence-electron chi connectivity index (χ4n) is 2.70. The maximum atomic E-state index is 5.71. The molecule has 0 aliphatic heterocycles. The summed E-state index contributed by atoms with van der Waals surface area (Å²) in [6.45, 7) is 3.78. The van der Waals surface area contributed by atoms with E-state index in [1.807, 2.05) is 17.7 Å². The number of hydrogen-bond donors (Lipinski definition) is 1. The van der Waals surface area contributed by atoms with E-state index < -0.39 is 0 Å². The molecule has 96 valence electrons. The SMILES string of the molecule is Cc1sc(CN)cc1Cn1cnc2c1CCCC2. The molecule has 0 saturated carbocycles. The molecule has 0 saturated heterocycles. The summed E-state index contributed by atoms with van der Waals surface area (Å²) in [4.78, 5) is 7.21. The van der Waals surface area contributed by atoms with Gasteiger partial charge < -0.3 is 10.3 Å². The molecular weight excluding hydrogens is 242 g/mol. The molecule has 0 aromatic carbocycles. The van der Waals surface area contributed by atoms with Crippen LogP contribution in [0.2, 0.25) is 0 Å². The van der Waals surface area contributed by atoms with Gasteiger partial charge in [-0.05, 0) is 44.2 Å². The first-order valence-corrected chi connectivity index (χ1v) is 7.40. The van der Waals surface area contributed by atoms with Gasteiger partial charge in [0, 0.05) is 28.5 Å². The second kappa shape index (κ2) is 4.86. The van der Waals surface area contributed by atoms with E-state index in [0.29, 0.717) is 6.54 Å². The van der Waals surface area contributed by atoms with E-state index in [1.54, 1.807) is 0 Å². The van der Waals surface area contributed by atoms with Crippen molar-refractivity contribution in [1.82, 2.24) is 9.55 Å². The fraction of sp³-hybridized carbons (Fsp3) is 0.500. The second-order valence-corrected chi connectivity index (χ2v) is 6.31. The number of nitrogens with zero attached hydrogens (tertiary/aromatic N) is 2. The molecule has 2 aromatic heterocycles.